The van der Waals surface area contributed by atoms with E-state index in [9.17, 15) is 14.4 Å². The van der Waals surface area contributed by atoms with Gasteiger partial charge in [0.15, 0.2) is 0 Å². The lowest BCUT2D eigenvalue weighted by Gasteiger charge is -2.25. The normalized spacial score (nSPS) is 13.3. The van der Waals surface area contributed by atoms with E-state index in [-0.39, 0.29) is 18.3 Å². The molecule has 0 atom stereocenters. The molecule has 3 rings (SSSR count). The van der Waals surface area contributed by atoms with Gasteiger partial charge in [-0.05, 0) is 18.9 Å². The Bertz CT molecular complexity index is 812. The Labute approximate surface area is 147 Å². The summed E-state index contributed by atoms with van der Waals surface area (Å²) in [5, 5.41) is 6.59. The minimum absolute atomic E-state index is 0.0241. The summed E-state index contributed by atoms with van der Waals surface area (Å²) in [4.78, 5) is 38.8. The predicted molar refractivity (Wildman–Crippen MR) is 89.5 cm³/mol. The Morgan fingerprint density at radius 1 is 1.44 bits per heavy atom. The van der Waals surface area contributed by atoms with Crippen LogP contribution in [0.5, 0.6) is 0 Å². The smallest absolute Gasteiger partial charge is 0.341 e. The maximum absolute atomic E-state index is 12.4. The molecule has 1 N–H and O–H groups in total. The number of carbonyl (C=O) groups excluding carboxylic acids is 3. The predicted octanol–water partition coefficient (Wildman–Crippen LogP) is 2.07. The molecule has 1 aliphatic heterocycles. The molecule has 0 bridgehead atoms. The summed E-state index contributed by atoms with van der Waals surface area (Å²) >= 11 is 1.27. The van der Waals surface area contributed by atoms with Gasteiger partial charge in [-0.2, -0.15) is 0 Å². The number of carbonyl (C=O) groups is 3. The second-order valence-corrected chi connectivity index (χ2v) is 6.55. The largest absolute Gasteiger partial charge is 0.462 e. The van der Waals surface area contributed by atoms with E-state index in [1.807, 2.05) is 0 Å². The number of nitrogens with one attached hydrogen (secondary N) is 1. The molecule has 8 nitrogen and oxygen atoms in total. The van der Waals surface area contributed by atoms with Crippen LogP contribution in [0.1, 0.15) is 45.2 Å². The number of aromatic nitrogens is 1. The SMILES string of the molecule is CCOC(=O)c1c(NC(=O)c2ccno2)sc2c1CCN(C(C)=O)C2. The number of hydrogen-bond acceptors (Lipinski definition) is 7. The van der Waals surface area contributed by atoms with Gasteiger partial charge < -0.3 is 19.5 Å². The highest BCUT2D eigenvalue weighted by molar-refractivity contribution is 7.17. The Kier molecular flexibility index (Phi) is 4.84. The number of esters is 1. The van der Waals surface area contributed by atoms with Crippen LogP contribution in [0.4, 0.5) is 5.00 Å². The minimum atomic E-state index is -0.495. The zero-order chi connectivity index (χ0) is 18.0. The number of anilines is 1. The van der Waals surface area contributed by atoms with Crippen LogP contribution in [0.2, 0.25) is 0 Å². The molecule has 2 amide bonds. The van der Waals surface area contributed by atoms with Gasteiger partial charge in [-0.15, -0.1) is 11.3 Å². The number of nitrogens with zero attached hydrogens (tertiary/aromatic N) is 2. The van der Waals surface area contributed by atoms with E-state index in [0.717, 1.165) is 10.4 Å². The summed E-state index contributed by atoms with van der Waals surface area (Å²) in [6.45, 7) is 4.41. The molecular formula is C16H17N3O5S. The fourth-order valence-electron chi connectivity index (χ4n) is 2.68. The molecule has 0 aromatic carbocycles. The Hall–Kier alpha value is -2.68. The van der Waals surface area contributed by atoms with Gasteiger partial charge in [0.05, 0.1) is 24.9 Å². The van der Waals surface area contributed by atoms with E-state index in [1.165, 1.54) is 30.5 Å². The quantitative estimate of drug-likeness (QED) is 0.835. The lowest BCUT2D eigenvalue weighted by atomic mass is 10.0. The van der Waals surface area contributed by atoms with Crippen LogP contribution in [0.15, 0.2) is 16.8 Å². The van der Waals surface area contributed by atoms with Gasteiger partial charge in [0.25, 0.3) is 5.91 Å². The van der Waals surface area contributed by atoms with Crippen molar-refractivity contribution in [3.05, 3.63) is 34.0 Å². The Morgan fingerprint density at radius 3 is 2.88 bits per heavy atom. The summed E-state index contributed by atoms with van der Waals surface area (Å²) in [5.41, 5.74) is 1.19. The van der Waals surface area contributed by atoms with Gasteiger partial charge >= 0.3 is 5.97 Å². The first-order chi connectivity index (χ1) is 12.0. The topological polar surface area (TPSA) is 102 Å². The van der Waals surface area contributed by atoms with E-state index in [1.54, 1.807) is 11.8 Å². The molecule has 0 spiro atoms. The average Bonchev–Trinajstić information content (AvgIpc) is 3.21. The molecule has 0 radical (unpaired) electrons. The van der Waals surface area contributed by atoms with Gasteiger partial charge in [0.2, 0.25) is 11.7 Å². The van der Waals surface area contributed by atoms with Crippen molar-refractivity contribution >= 4 is 34.1 Å². The fraction of sp³-hybridized carbons (Fsp3) is 0.375. The highest BCUT2D eigenvalue weighted by atomic mass is 32.1. The lowest BCUT2D eigenvalue weighted by Crippen LogP contribution is -2.34. The molecule has 0 saturated heterocycles. The van der Waals surface area contributed by atoms with Gasteiger partial charge in [0, 0.05) is 24.4 Å². The third-order valence-electron chi connectivity index (χ3n) is 3.87. The van der Waals surface area contributed by atoms with Crippen LogP contribution >= 0.6 is 11.3 Å². The van der Waals surface area contributed by atoms with E-state index in [0.29, 0.717) is 30.1 Å². The average molecular weight is 363 g/mol. The van der Waals surface area contributed by atoms with Gasteiger partial charge in [-0.25, -0.2) is 4.79 Å². The van der Waals surface area contributed by atoms with E-state index >= 15 is 0 Å². The highest BCUT2D eigenvalue weighted by Crippen LogP contribution is 2.38. The summed E-state index contributed by atoms with van der Waals surface area (Å²) in [7, 11) is 0. The second-order valence-electron chi connectivity index (χ2n) is 5.45. The molecule has 1 aliphatic rings. The van der Waals surface area contributed by atoms with Crippen molar-refractivity contribution in [3.8, 4) is 0 Å². The Balaban J connectivity index is 1.95. The molecule has 2 aromatic heterocycles. The molecule has 2 aromatic rings. The van der Waals surface area contributed by atoms with Crippen molar-refractivity contribution in [1.29, 1.82) is 0 Å². The molecule has 0 unspecified atom stereocenters. The zero-order valence-electron chi connectivity index (χ0n) is 13.8. The van der Waals surface area contributed by atoms with Gasteiger partial charge in [-0.3, -0.25) is 9.59 Å². The molecule has 0 fully saturated rings. The molecule has 0 saturated carbocycles. The number of fused-ring (bicyclic) bond motifs is 1. The third-order valence-corrected chi connectivity index (χ3v) is 5.00. The molecule has 9 heteroatoms. The maximum Gasteiger partial charge on any atom is 0.341 e. The number of rotatable bonds is 4. The minimum Gasteiger partial charge on any atom is -0.462 e. The maximum atomic E-state index is 12.4. The van der Waals surface area contributed by atoms with Crippen molar-refractivity contribution in [2.75, 3.05) is 18.5 Å². The van der Waals surface area contributed by atoms with E-state index in [2.05, 4.69) is 10.5 Å². The van der Waals surface area contributed by atoms with Crippen LogP contribution in [0.3, 0.4) is 0 Å². The van der Waals surface area contributed by atoms with E-state index < -0.39 is 11.9 Å². The number of hydrogen-bond donors (Lipinski definition) is 1. The van der Waals surface area contributed by atoms with Crippen LogP contribution in [-0.2, 0) is 22.5 Å². The van der Waals surface area contributed by atoms with Gasteiger partial charge in [-0.1, -0.05) is 5.16 Å². The summed E-state index contributed by atoms with van der Waals surface area (Å²) in [5.74, 6) is -0.954. The molecule has 132 valence electrons. The molecule has 3 heterocycles. The summed E-state index contributed by atoms with van der Waals surface area (Å²) < 4.78 is 9.98. The molecule has 25 heavy (non-hydrogen) atoms. The first-order valence-electron chi connectivity index (χ1n) is 7.80. The number of amides is 2. The monoisotopic (exact) mass is 363 g/mol. The first kappa shape index (κ1) is 17.2. The standard InChI is InChI=1S/C16H17N3O5S/c1-3-23-16(22)13-10-5-7-19(9(2)20)8-12(10)25-15(13)18-14(21)11-4-6-17-24-11/h4,6H,3,5,7-8H2,1-2H3,(H,18,21). The third kappa shape index (κ3) is 3.41. The molecule has 0 aliphatic carbocycles. The van der Waals surface area contributed by atoms with Crippen LogP contribution in [-0.4, -0.2) is 41.0 Å². The second kappa shape index (κ2) is 7.06. The zero-order valence-corrected chi connectivity index (χ0v) is 14.6. The van der Waals surface area contributed by atoms with Crippen LogP contribution in [0.25, 0.3) is 0 Å². The van der Waals surface area contributed by atoms with Crippen molar-refractivity contribution in [2.24, 2.45) is 0 Å². The number of thiophene rings is 1. The van der Waals surface area contributed by atoms with Crippen molar-refractivity contribution in [3.63, 3.8) is 0 Å². The lowest BCUT2D eigenvalue weighted by molar-refractivity contribution is -0.129. The highest BCUT2D eigenvalue weighted by Gasteiger charge is 2.30. The first-order valence-corrected chi connectivity index (χ1v) is 8.62. The van der Waals surface area contributed by atoms with Crippen LogP contribution < -0.4 is 5.32 Å². The Morgan fingerprint density at radius 2 is 2.24 bits per heavy atom. The summed E-state index contributed by atoms with van der Waals surface area (Å²) in [6.07, 6.45) is 1.91. The fourth-order valence-corrected chi connectivity index (χ4v) is 3.92. The summed E-state index contributed by atoms with van der Waals surface area (Å²) in [6, 6.07) is 1.43. The number of ether oxygens (including phenoxy) is 1. The van der Waals surface area contributed by atoms with Gasteiger partial charge in [0.1, 0.15) is 5.00 Å². The van der Waals surface area contributed by atoms with Crippen LogP contribution in [0, 0.1) is 0 Å². The van der Waals surface area contributed by atoms with Crippen molar-refractivity contribution in [2.45, 2.75) is 26.8 Å². The van der Waals surface area contributed by atoms with Crippen molar-refractivity contribution in [1.82, 2.24) is 10.1 Å². The van der Waals surface area contributed by atoms with E-state index in [4.69, 9.17) is 9.26 Å². The molecular weight excluding hydrogens is 346 g/mol. The van der Waals surface area contributed by atoms with Crippen molar-refractivity contribution < 1.29 is 23.6 Å².